The Bertz CT molecular complexity index is 1270. The molecule has 0 aliphatic rings. The van der Waals surface area contributed by atoms with E-state index in [0.29, 0.717) is 16.9 Å². The van der Waals surface area contributed by atoms with Gasteiger partial charge in [0.25, 0.3) is 5.56 Å². The lowest BCUT2D eigenvalue weighted by molar-refractivity contribution is 0.993. The van der Waals surface area contributed by atoms with Crippen molar-refractivity contribution < 1.29 is 0 Å². The average Bonchev–Trinajstić information content (AvgIpc) is 2.76. The maximum Gasteiger partial charge on any atom is 0.278 e. The molecule has 1 heterocycles. The lowest BCUT2D eigenvalue weighted by atomic mass is 10.0. The third-order valence-electron chi connectivity index (χ3n) is 5.00. The van der Waals surface area contributed by atoms with E-state index < -0.39 is 0 Å². The molecule has 0 saturated carbocycles. The maximum absolute atomic E-state index is 13.0. The quantitative estimate of drug-likeness (QED) is 0.334. The monoisotopic (exact) mass is 394 g/mol. The highest BCUT2D eigenvalue weighted by Gasteiger charge is 2.08. The Kier molecular flexibility index (Phi) is 5.18. The van der Waals surface area contributed by atoms with Gasteiger partial charge in [0.05, 0.1) is 0 Å². The first-order valence-corrected chi connectivity index (χ1v) is 9.62. The summed E-state index contributed by atoms with van der Waals surface area (Å²) in [6.45, 7) is 2.09. The fourth-order valence-electron chi connectivity index (χ4n) is 3.41. The molecule has 0 radical (unpaired) electrons. The minimum Gasteiger partial charge on any atom is -0.384 e. The van der Waals surface area contributed by atoms with E-state index in [4.69, 9.17) is 11.1 Å². The number of hydrogen-bond acceptors (Lipinski definition) is 3. The normalized spacial score (nSPS) is 10.6. The number of benzene rings is 3. The van der Waals surface area contributed by atoms with E-state index in [0.717, 1.165) is 11.3 Å². The van der Waals surface area contributed by atoms with Gasteiger partial charge in [0.1, 0.15) is 11.5 Å². The van der Waals surface area contributed by atoms with E-state index in [2.05, 4.69) is 24.4 Å². The van der Waals surface area contributed by atoms with Crippen molar-refractivity contribution in [2.45, 2.75) is 6.92 Å². The van der Waals surface area contributed by atoms with Crippen LogP contribution in [0.5, 0.6) is 0 Å². The summed E-state index contributed by atoms with van der Waals surface area (Å²) >= 11 is 0. The number of nitrogens with one attached hydrogen (secondary N) is 2. The fraction of sp³-hybridized carbons (Fsp3) is 0.0400. The number of amidine groups is 1. The van der Waals surface area contributed by atoms with Crippen molar-refractivity contribution in [2.75, 3.05) is 5.32 Å². The van der Waals surface area contributed by atoms with Crippen LogP contribution < -0.4 is 16.6 Å². The van der Waals surface area contributed by atoms with E-state index >= 15 is 0 Å². The number of pyridine rings is 1. The summed E-state index contributed by atoms with van der Waals surface area (Å²) in [6, 6.07) is 26.9. The van der Waals surface area contributed by atoms with Crippen molar-refractivity contribution in [3.8, 4) is 16.8 Å². The summed E-state index contributed by atoms with van der Waals surface area (Å²) in [6.07, 6.45) is 1.75. The Balaban J connectivity index is 1.65. The number of hydrogen-bond donors (Lipinski definition) is 3. The molecular weight excluding hydrogens is 372 g/mol. The Morgan fingerprint density at radius 2 is 1.70 bits per heavy atom. The van der Waals surface area contributed by atoms with E-state index in [1.165, 1.54) is 11.1 Å². The van der Waals surface area contributed by atoms with Gasteiger partial charge in [-0.2, -0.15) is 0 Å². The van der Waals surface area contributed by atoms with Crippen molar-refractivity contribution in [2.24, 2.45) is 5.73 Å². The van der Waals surface area contributed by atoms with Gasteiger partial charge >= 0.3 is 0 Å². The van der Waals surface area contributed by atoms with E-state index in [9.17, 15) is 4.79 Å². The van der Waals surface area contributed by atoms with E-state index in [1.807, 2.05) is 48.5 Å². The second kappa shape index (κ2) is 8.09. The van der Waals surface area contributed by atoms with Gasteiger partial charge in [-0.05, 0) is 60.0 Å². The van der Waals surface area contributed by atoms with Gasteiger partial charge in [-0.3, -0.25) is 14.8 Å². The SMILES string of the molecule is Cc1ccccc1-c1ccc(-n2cccc(Nc3cccc(C(=N)N)c3)c2=O)cc1. The molecule has 4 rings (SSSR count). The zero-order valence-electron chi connectivity index (χ0n) is 16.6. The summed E-state index contributed by atoms with van der Waals surface area (Å²) < 4.78 is 1.61. The zero-order valence-corrected chi connectivity index (χ0v) is 16.6. The third-order valence-corrected chi connectivity index (χ3v) is 5.00. The molecule has 3 aromatic carbocycles. The first kappa shape index (κ1) is 19.2. The van der Waals surface area contributed by atoms with Crippen LogP contribution in [0.15, 0.2) is 95.9 Å². The molecule has 4 N–H and O–H groups in total. The second-order valence-corrected chi connectivity index (χ2v) is 7.08. The number of nitrogen functional groups attached to an aromatic ring is 1. The highest BCUT2D eigenvalue weighted by molar-refractivity contribution is 5.95. The number of aryl methyl sites for hydroxylation is 1. The Hall–Kier alpha value is -4.12. The van der Waals surface area contributed by atoms with Crippen LogP contribution in [0.2, 0.25) is 0 Å². The Morgan fingerprint density at radius 1 is 0.933 bits per heavy atom. The van der Waals surface area contributed by atoms with Crippen molar-refractivity contribution in [1.82, 2.24) is 4.57 Å². The molecule has 0 spiro atoms. The number of rotatable bonds is 5. The molecule has 0 aliphatic carbocycles. The van der Waals surface area contributed by atoms with Crippen molar-refractivity contribution in [3.63, 3.8) is 0 Å². The molecule has 0 saturated heterocycles. The van der Waals surface area contributed by atoms with Crippen LogP contribution in [0, 0.1) is 12.3 Å². The van der Waals surface area contributed by atoms with Crippen LogP contribution in [0.1, 0.15) is 11.1 Å². The standard InChI is InChI=1S/C25H22N4O/c1-17-6-2-3-9-22(17)18-11-13-21(14-12-18)29-15-5-10-23(25(29)30)28-20-8-4-7-19(16-20)24(26)27/h2-16,28H,1H3,(H3,26,27). The molecule has 0 bridgehead atoms. The summed E-state index contributed by atoms with van der Waals surface area (Å²) in [5.41, 5.74) is 11.4. The predicted octanol–water partition coefficient (Wildman–Crippen LogP) is 4.84. The number of aromatic nitrogens is 1. The summed E-state index contributed by atoms with van der Waals surface area (Å²) in [5.74, 6) is -0.0159. The zero-order chi connectivity index (χ0) is 21.1. The molecule has 30 heavy (non-hydrogen) atoms. The van der Waals surface area contributed by atoms with Gasteiger partial charge in [0.2, 0.25) is 0 Å². The molecular formula is C25H22N4O. The van der Waals surface area contributed by atoms with E-state index in [-0.39, 0.29) is 11.4 Å². The van der Waals surface area contributed by atoms with Crippen molar-refractivity contribution in [1.29, 1.82) is 5.41 Å². The molecule has 0 atom stereocenters. The van der Waals surface area contributed by atoms with Crippen LogP contribution in [0.3, 0.4) is 0 Å². The Morgan fingerprint density at radius 3 is 2.43 bits per heavy atom. The molecule has 5 nitrogen and oxygen atoms in total. The first-order valence-electron chi connectivity index (χ1n) is 9.62. The molecule has 4 aromatic rings. The highest BCUT2D eigenvalue weighted by Crippen LogP contribution is 2.24. The average molecular weight is 394 g/mol. The van der Waals surface area contributed by atoms with Crippen LogP contribution in [0.4, 0.5) is 11.4 Å². The van der Waals surface area contributed by atoms with Crippen molar-refractivity contribution in [3.05, 3.63) is 113 Å². The maximum atomic E-state index is 13.0. The van der Waals surface area contributed by atoms with Crippen molar-refractivity contribution >= 4 is 17.2 Å². The van der Waals surface area contributed by atoms with Gasteiger partial charge in [0.15, 0.2) is 0 Å². The smallest absolute Gasteiger partial charge is 0.278 e. The lowest BCUT2D eigenvalue weighted by Crippen LogP contribution is -2.20. The van der Waals surface area contributed by atoms with Gasteiger partial charge in [-0.15, -0.1) is 0 Å². The lowest BCUT2D eigenvalue weighted by Gasteiger charge is -2.12. The number of anilines is 2. The van der Waals surface area contributed by atoms with Gasteiger partial charge in [-0.1, -0.05) is 48.5 Å². The Labute approximate surface area is 174 Å². The topological polar surface area (TPSA) is 83.9 Å². The van der Waals surface area contributed by atoms with Crippen LogP contribution in [-0.4, -0.2) is 10.4 Å². The molecule has 5 heteroatoms. The van der Waals surface area contributed by atoms with Crippen LogP contribution >= 0.6 is 0 Å². The molecule has 1 aromatic heterocycles. The molecule has 0 aliphatic heterocycles. The van der Waals surface area contributed by atoms with Gasteiger partial charge in [0, 0.05) is 23.1 Å². The number of nitrogens with two attached hydrogens (primary N) is 1. The second-order valence-electron chi connectivity index (χ2n) is 7.08. The highest BCUT2D eigenvalue weighted by atomic mass is 16.1. The minimum atomic E-state index is -0.158. The summed E-state index contributed by atoms with van der Waals surface area (Å²) in [4.78, 5) is 13.0. The first-order chi connectivity index (χ1) is 14.5. The largest absolute Gasteiger partial charge is 0.384 e. The third kappa shape index (κ3) is 3.86. The van der Waals surface area contributed by atoms with E-state index in [1.54, 1.807) is 35.0 Å². The van der Waals surface area contributed by atoms with Gasteiger partial charge < -0.3 is 11.1 Å². The molecule has 0 unspecified atom stereocenters. The predicted molar refractivity (Wildman–Crippen MR) is 123 cm³/mol. The minimum absolute atomic E-state index is 0.0159. The van der Waals surface area contributed by atoms with Crippen LogP contribution in [0.25, 0.3) is 16.8 Å². The van der Waals surface area contributed by atoms with Gasteiger partial charge in [-0.25, -0.2) is 0 Å². The molecule has 0 amide bonds. The molecule has 0 fully saturated rings. The summed E-state index contributed by atoms with van der Waals surface area (Å²) in [5, 5.41) is 10.7. The molecule has 148 valence electrons. The summed E-state index contributed by atoms with van der Waals surface area (Å²) in [7, 11) is 0. The number of nitrogens with zero attached hydrogens (tertiary/aromatic N) is 1. The van der Waals surface area contributed by atoms with Crippen LogP contribution in [-0.2, 0) is 0 Å². The fourth-order valence-corrected chi connectivity index (χ4v) is 3.41.